The lowest BCUT2D eigenvalue weighted by atomic mass is 9.46. The Morgan fingerprint density at radius 2 is 2.12 bits per heavy atom. The molecule has 0 aromatic heterocycles. The van der Waals surface area contributed by atoms with Gasteiger partial charge in [-0.05, 0) is 79.6 Å². The number of hydrogen-bond donors (Lipinski definition) is 1. The van der Waals surface area contributed by atoms with E-state index in [1.807, 2.05) is 6.08 Å². The van der Waals surface area contributed by atoms with Crippen molar-refractivity contribution in [1.82, 2.24) is 0 Å². The first-order valence-corrected chi connectivity index (χ1v) is 10.2. The lowest BCUT2D eigenvalue weighted by molar-refractivity contribution is -0.142. The van der Waals surface area contributed by atoms with Crippen molar-refractivity contribution in [3.63, 3.8) is 0 Å². The van der Waals surface area contributed by atoms with Gasteiger partial charge in [0.1, 0.15) is 0 Å². The van der Waals surface area contributed by atoms with Gasteiger partial charge in [0.2, 0.25) is 0 Å². The Bertz CT molecular complexity index is 713. The number of allylic oxidation sites excluding steroid dienone is 1. The zero-order valence-corrected chi connectivity index (χ0v) is 16.0. The number of aliphatic carboxylic acids is 1. The minimum Gasteiger partial charge on any atom is -0.481 e. The normalized spacial score (nSPS) is 47.2. The second kappa shape index (κ2) is 5.98. The first-order valence-electron chi connectivity index (χ1n) is 10.2. The molecule has 0 aromatic carbocycles. The Morgan fingerprint density at radius 3 is 2.81 bits per heavy atom. The molecule has 3 nitrogen and oxygen atoms in total. The molecule has 3 saturated carbocycles. The van der Waals surface area contributed by atoms with Crippen LogP contribution in [-0.2, 0) is 9.59 Å². The molecule has 0 aliphatic heterocycles. The van der Waals surface area contributed by atoms with Crippen LogP contribution in [0.25, 0.3) is 0 Å². The van der Waals surface area contributed by atoms with Crippen LogP contribution in [-0.4, -0.2) is 16.9 Å². The third-order valence-corrected chi connectivity index (χ3v) is 8.73. The van der Waals surface area contributed by atoms with E-state index in [4.69, 9.17) is 6.42 Å². The van der Waals surface area contributed by atoms with Gasteiger partial charge in [-0.2, -0.15) is 0 Å². The number of fused-ring (bicyclic) bond motifs is 5. The minimum atomic E-state index is -0.764. The molecule has 140 valence electrons. The molecule has 7 atom stereocenters. The molecular weight excluding hydrogens is 324 g/mol. The molecule has 1 N–H and O–H groups in total. The maximum Gasteiger partial charge on any atom is 0.304 e. The number of ketones is 1. The van der Waals surface area contributed by atoms with Crippen molar-refractivity contribution in [3.8, 4) is 12.3 Å². The number of carbonyl (C=O) groups is 2. The summed E-state index contributed by atoms with van der Waals surface area (Å²) in [5.74, 6) is 5.43. The average molecular weight is 354 g/mol. The Kier molecular flexibility index (Phi) is 4.10. The van der Waals surface area contributed by atoms with Gasteiger partial charge in [0.05, 0.1) is 6.42 Å². The Balaban J connectivity index is 1.69. The Labute approximate surface area is 156 Å². The quantitative estimate of drug-likeness (QED) is 0.745. The molecule has 4 rings (SSSR count). The third-order valence-electron chi connectivity index (χ3n) is 8.73. The molecule has 3 fully saturated rings. The highest BCUT2D eigenvalue weighted by Gasteiger charge is 2.63. The first-order chi connectivity index (χ1) is 12.3. The van der Waals surface area contributed by atoms with Gasteiger partial charge in [0.15, 0.2) is 5.78 Å². The maximum absolute atomic E-state index is 11.9. The van der Waals surface area contributed by atoms with E-state index in [-0.39, 0.29) is 11.8 Å². The molecule has 0 aromatic rings. The molecular formula is C23H30O3. The third kappa shape index (κ3) is 2.34. The molecule has 26 heavy (non-hydrogen) atoms. The van der Waals surface area contributed by atoms with E-state index in [9.17, 15) is 14.7 Å². The minimum absolute atomic E-state index is 0.0682. The fourth-order valence-corrected chi connectivity index (χ4v) is 7.56. The SMILES string of the molecule is C#C[C@@]1(CC(=O)O)CCC2C3C(C)CC4=CC(=O)CCC4C3CC[C@@]21C. The summed E-state index contributed by atoms with van der Waals surface area (Å²) < 4.78 is 0. The molecule has 0 saturated heterocycles. The van der Waals surface area contributed by atoms with E-state index >= 15 is 0 Å². The van der Waals surface area contributed by atoms with Crippen molar-refractivity contribution in [1.29, 1.82) is 0 Å². The largest absolute Gasteiger partial charge is 0.481 e. The number of carboxylic acids is 1. The van der Waals surface area contributed by atoms with Crippen molar-refractivity contribution in [2.24, 2.45) is 40.4 Å². The number of rotatable bonds is 2. The second-order valence-electron chi connectivity index (χ2n) is 9.65. The fraction of sp³-hybridized carbons (Fsp3) is 0.739. The van der Waals surface area contributed by atoms with Crippen LogP contribution >= 0.6 is 0 Å². The van der Waals surface area contributed by atoms with E-state index in [2.05, 4.69) is 19.8 Å². The van der Waals surface area contributed by atoms with Crippen LogP contribution in [0, 0.1) is 52.8 Å². The summed E-state index contributed by atoms with van der Waals surface area (Å²) in [6.07, 6.45) is 14.8. The smallest absolute Gasteiger partial charge is 0.304 e. The van der Waals surface area contributed by atoms with Gasteiger partial charge in [0, 0.05) is 11.8 Å². The van der Waals surface area contributed by atoms with Crippen molar-refractivity contribution in [3.05, 3.63) is 11.6 Å². The molecule has 4 aliphatic carbocycles. The number of terminal acetylenes is 1. The van der Waals surface area contributed by atoms with Gasteiger partial charge < -0.3 is 5.11 Å². The highest BCUT2D eigenvalue weighted by molar-refractivity contribution is 5.91. The highest BCUT2D eigenvalue weighted by Crippen LogP contribution is 2.69. The number of carbonyl (C=O) groups excluding carboxylic acids is 1. The summed E-state index contributed by atoms with van der Waals surface area (Å²) >= 11 is 0. The second-order valence-corrected chi connectivity index (χ2v) is 9.65. The van der Waals surface area contributed by atoms with E-state index in [1.54, 1.807) is 0 Å². The van der Waals surface area contributed by atoms with E-state index in [0.717, 1.165) is 38.5 Å². The van der Waals surface area contributed by atoms with Gasteiger partial charge in [-0.25, -0.2) is 0 Å². The van der Waals surface area contributed by atoms with Crippen LogP contribution in [0.15, 0.2) is 11.6 Å². The summed E-state index contributed by atoms with van der Waals surface area (Å²) in [5, 5.41) is 9.50. The predicted molar refractivity (Wildman–Crippen MR) is 100 cm³/mol. The van der Waals surface area contributed by atoms with Gasteiger partial charge in [0.25, 0.3) is 0 Å². The van der Waals surface area contributed by atoms with Crippen LogP contribution in [0.5, 0.6) is 0 Å². The van der Waals surface area contributed by atoms with Crippen LogP contribution in [0.1, 0.15) is 65.2 Å². The van der Waals surface area contributed by atoms with E-state index in [1.165, 1.54) is 5.57 Å². The topological polar surface area (TPSA) is 54.4 Å². The zero-order valence-electron chi connectivity index (χ0n) is 16.0. The maximum atomic E-state index is 11.9. The lowest BCUT2D eigenvalue weighted by Crippen LogP contribution is -2.52. The summed E-state index contributed by atoms with van der Waals surface area (Å²) in [7, 11) is 0. The summed E-state index contributed by atoms with van der Waals surface area (Å²) in [6, 6.07) is 0. The van der Waals surface area contributed by atoms with Crippen LogP contribution < -0.4 is 0 Å². The number of carboxylic acid groups (broad SMARTS) is 1. The molecule has 5 unspecified atom stereocenters. The van der Waals surface area contributed by atoms with Crippen LogP contribution in [0.3, 0.4) is 0 Å². The van der Waals surface area contributed by atoms with Crippen molar-refractivity contribution in [2.45, 2.75) is 65.2 Å². The van der Waals surface area contributed by atoms with Crippen LogP contribution in [0.2, 0.25) is 0 Å². The molecule has 0 radical (unpaired) electrons. The number of hydrogen-bond acceptors (Lipinski definition) is 2. The van der Waals surface area contributed by atoms with Crippen molar-refractivity contribution >= 4 is 11.8 Å². The van der Waals surface area contributed by atoms with E-state index < -0.39 is 11.4 Å². The van der Waals surface area contributed by atoms with Crippen molar-refractivity contribution in [2.75, 3.05) is 0 Å². The van der Waals surface area contributed by atoms with Gasteiger partial charge in [-0.15, -0.1) is 6.42 Å². The lowest BCUT2D eigenvalue weighted by Gasteiger charge is -2.57. The molecule has 0 heterocycles. The van der Waals surface area contributed by atoms with Gasteiger partial charge in [-0.1, -0.05) is 25.3 Å². The Hall–Kier alpha value is -1.56. The summed E-state index contributed by atoms with van der Waals surface area (Å²) in [6.45, 7) is 4.62. The predicted octanol–water partition coefficient (Wildman–Crippen LogP) is 4.47. The molecule has 0 spiro atoms. The Morgan fingerprint density at radius 1 is 1.35 bits per heavy atom. The van der Waals surface area contributed by atoms with Gasteiger partial charge in [-0.3, -0.25) is 9.59 Å². The van der Waals surface area contributed by atoms with Gasteiger partial charge >= 0.3 is 5.97 Å². The standard InChI is InChI=1S/C23H30O3/c1-4-23(13-20(25)26)10-8-19-21-14(2)11-15-12-16(24)5-6-17(15)18(21)7-9-22(19,23)3/h1,12,14,17-19,21H,5-11,13H2,2-3H3,(H,25,26)/t14?,17?,18?,19?,21?,22-,23-/m0/s1. The van der Waals surface area contributed by atoms with E-state index in [0.29, 0.717) is 41.8 Å². The molecule has 0 bridgehead atoms. The van der Waals surface area contributed by atoms with Crippen molar-refractivity contribution < 1.29 is 14.7 Å². The highest BCUT2D eigenvalue weighted by atomic mass is 16.4. The first kappa shape index (κ1) is 17.8. The zero-order chi connectivity index (χ0) is 18.7. The summed E-state index contributed by atoms with van der Waals surface area (Å²) in [5.41, 5.74) is 0.832. The molecule has 0 amide bonds. The van der Waals surface area contributed by atoms with Crippen LogP contribution in [0.4, 0.5) is 0 Å². The summed E-state index contributed by atoms with van der Waals surface area (Å²) in [4.78, 5) is 23.5. The fourth-order valence-electron chi connectivity index (χ4n) is 7.56. The molecule has 3 heteroatoms. The molecule has 4 aliphatic rings. The monoisotopic (exact) mass is 354 g/mol. The average Bonchev–Trinajstić information content (AvgIpc) is 2.87.